The number of carbonyl (C=O) groups is 2. The predicted molar refractivity (Wildman–Crippen MR) is 115 cm³/mol. The van der Waals surface area contributed by atoms with Gasteiger partial charge in [-0.05, 0) is 56.2 Å². The van der Waals surface area contributed by atoms with Gasteiger partial charge in [-0.2, -0.15) is 0 Å². The highest BCUT2D eigenvalue weighted by atomic mass is 16.5. The lowest BCUT2D eigenvalue weighted by Crippen LogP contribution is -2.17. The topological polar surface area (TPSA) is 83.6 Å². The van der Waals surface area contributed by atoms with E-state index in [9.17, 15) is 9.59 Å². The molecule has 30 heavy (non-hydrogen) atoms. The molecule has 0 saturated carbocycles. The van der Waals surface area contributed by atoms with Crippen molar-refractivity contribution >= 4 is 11.7 Å². The Balaban J connectivity index is 1.68. The zero-order valence-electron chi connectivity index (χ0n) is 17.5. The van der Waals surface area contributed by atoms with Crippen molar-refractivity contribution in [1.82, 2.24) is 4.57 Å². The summed E-state index contributed by atoms with van der Waals surface area (Å²) >= 11 is 0. The van der Waals surface area contributed by atoms with Crippen LogP contribution in [0.4, 0.5) is 0 Å². The summed E-state index contributed by atoms with van der Waals surface area (Å²) in [5.74, 6) is 0.414. The van der Waals surface area contributed by atoms with Crippen LogP contribution in [0.25, 0.3) is 0 Å². The van der Waals surface area contributed by atoms with Gasteiger partial charge < -0.3 is 19.8 Å². The maximum atomic E-state index is 12.8. The van der Waals surface area contributed by atoms with Gasteiger partial charge in [0.25, 0.3) is 5.91 Å². The normalized spacial score (nSPS) is 10.6. The minimum Gasteiger partial charge on any atom is -0.497 e. The van der Waals surface area contributed by atoms with Gasteiger partial charge in [0.1, 0.15) is 11.5 Å². The van der Waals surface area contributed by atoms with Crippen LogP contribution in [-0.4, -0.2) is 30.0 Å². The number of primary amides is 1. The average Bonchev–Trinajstić information content (AvgIpc) is 3.04. The third kappa shape index (κ3) is 4.71. The third-order valence-electron chi connectivity index (χ3n) is 5.17. The van der Waals surface area contributed by atoms with Crippen LogP contribution in [0.15, 0.2) is 54.6 Å². The van der Waals surface area contributed by atoms with E-state index in [0.29, 0.717) is 11.3 Å². The largest absolute Gasteiger partial charge is 0.497 e. The summed E-state index contributed by atoms with van der Waals surface area (Å²) in [6, 6.07) is 16.5. The highest BCUT2D eigenvalue weighted by Crippen LogP contribution is 2.20. The Morgan fingerprint density at radius 1 is 1.00 bits per heavy atom. The first-order chi connectivity index (χ1) is 14.4. The van der Waals surface area contributed by atoms with E-state index in [4.69, 9.17) is 15.2 Å². The number of rotatable bonds is 9. The Hall–Kier alpha value is -3.54. The van der Waals surface area contributed by atoms with Gasteiger partial charge >= 0.3 is 0 Å². The van der Waals surface area contributed by atoms with Crippen molar-refractivity contribution in [3.63, 3.8) is 0 Å². The van der Waals surface area contributed by atoms with Crippen molar-refractivity contribution < 1.29 is 19.1 Å². The van der Waals surface area contributed by atoms with E-state index >= 15 is 0 Å². The number of ketones is 1. The lowest BCUT2D eigenvalue weighted by molar-refractivity contribution is 0.0911. The van der Waals surface area contributed by atoms with Crippen LogP contribution in [-0.2, 0) is 13.0 Å². The summed E-state index contributed by atoms with van der Waals surface area (Å²) in [4.78, 5) is 24.3. The molecule has 0 fully saturated rings. The highest BCUT2D eigenvalue weighted by molar-refractivity contribution is 5.99. The molecule has 6 heteroatoms. The number of benzene rings is 2. The predicted octanol–water partition coefficient (Wildman–Crippen LogP) is 3.72. The lowest BCUT2D eigenvalue weighted by atomic mass is 10.1. The molecule has 1 amide bonds. The molecule has 2 N–H and O–H groups in total. The minimum absolute atomic E-state index is 0.141. The molecule has 0 aliphatic carbocycles. The van der Waals surface area contributed by atoms with Gasteiger partial charge in [0.05, 0.1) is 12.7 Å². The second-order valence-corrected chi connectivity index (χ2v) is 7.11. The number of hydrogen-bond donors (Lipinski definition) is 1. The van der Waals surface area contributed by atoms with E-state index in [-0.39, 0.29) is 18.0 Å². The van der Waals surface area contributed by atoms with Crippen molar-refractivity contribution in [1.29, 1.82) is 0 Å². The summed E-state index contributed by atoms with van der Waals surface area (Å²) in [6.45, 7) is 4.53. The summed E-state index contributed by atoms with van der Waals surface area (Å²) in [7, 11) is 1.65. The Bertz CT molecular complexity index is 1050. The number of Topliss-reactive ketones (excluding diaryl/α,β-unsaturated/α-hetero) is 1. The molecule has 0 saturated heterocycles. The van der Waals surface area contributed by atoms with E-state index in [0.717, 1.165) is 30.1 Å². The quantitative estimate of drug-likeness (QED) is 0.549. The van der Waals surface area contributed by atoms with E-state index in [1.54, 1.807) is 31.4 Å². The van der Waals surface area contributed by atoms with E-state index < -0.39 is 5.91 Å². The number of para-hydroxylation sites is 1. The van der Waals surface area contributed by atoms with Gasteiger partial charge in [-0.25, -0.2) is 0 Å². The molecular formula is C24H26N2O4. The zero-order chi connectivity index (χ0) is 21.7. The maximum Gasteiger partial charge on any atom is 0.252 e. The van der Waals surface area contributed by atoms with Crippen LogP contribution >= 0.6 is 0 Å². The Kier molecular flexibility index (Phi) is 6.57. The molecule has 0 aliphatic rings. The van der Waals surface area contributed by atoms with Crippen molar-refractivity contribution in [3.05, 3.63) is 82.7 Å². The third-order valence-corrected chi connectivity index (χ3v) is 5.17. The summed E-state index contributed by atoms with van der Waals surface area (Å²) in [5, 5.41) is 0. The Morgan fingerprint density at radius 2 is 1.70 bits per heavy atom. The standard InChI is InChI=1S/C24H26N2O4/c1-16-14-21(22(27)15-30-23-7-5-4-6-20(23)24(25)28)17(2)26(16)13-12-18-8-10-19(29-3)11-9-18/h4-11,14H,12-13,15H2,1-3H3,(H2,25,28). The number of hydrogen-bond acceptors (Lipinski definition) is 4. The highest BCUT2D eigenvalue weighted by Gasteiger charge is 2.17. The first-order valence-electron chi connectivity index (χ1n) is 9.75. The number of carbonyl (C=O) groups excluding carboxylic acids is 2. The summed E-state index contributed by atoms with van der Waals surface area (Å²) in [6.07, 6.45) is 0.844. The molecule has 0 atom stereocenters. The molecule has 2 aromatic carbocycles. The molecule has 156 valence electrons. The molecule has 0 spiro atoms. The number of ether oxygens (including phenoxy) is 2. The van der Waals surface area contributed by atoms with Gasteiger partial charge in [-0.15, -0.1) is 0 Å². The zero-order valence-corrected chi connectivity index (χ0v) is 17.5. The van der Waals surface area contributed by atoms with Crippen LogP contribution in [0.3, 0.4) is 0 Å². The van der Waals surface area contributed by atoms with Crippen LogP contribution in [0.2, 0.25) is 0 Å². The summed E-state index contributed by atoms with van der Waals surface area (Å²) in [5.41, 5.74) is 9.36. The van der Waals surface area contributed by atoms with Gasteiger partial charge in [0.15, 0.2) is 6.61 Å². The minimum atomic E-state index is -0.588. The molecule has 6 nitrogen and oxygen atoms in total. The number of methoxy groups -OCH3 is 1. The fourth-order valence-electron chi connectivity index (χ4n) is 3.48. The van der Waals surface area contributed by atoms with Crippen LogP contribution < -0.4 is 15.2 Å². The molecule has 3 rings (SSSR count). The smallest absolute Gasteiger partial charge is 0.252 e. The number of nitrogens with two attached hydrogens (primary N) is 1. The molecule has 0 aliphatic heterocycles. The number of nitrogens with zero attached hydrogens (tertiary/aromatic N) is 1. The molecule has 0 radical (unpaired) electrons. The number of aromatic nitrogens is 1. The number of amides is 1. The molecule has 1 aromatic heterocycles. The van der Waals surface area contributed by atoms with Crippen molar-refractivity contribution in [3.8, 4) is 11.5 Å². The van der Waals surface area contributed by atoms with Gasteiger partial charge in [0, 0.05) is 23.5 Å². The maximum absolute atomic E-state index is 12.8. The van der Waals surface area contributed by atoms with E-state index in [2.05, 4.69) is 4.57 Å². The second-order valence-electron chi connectivity index (χ2n) is 7.11. The summed E-state index contributed by atoms with van der Waals surface area (Å²) < 4.78 is 12.9. The van der Waals surface area contributed by atoms with Crippen LogP contribution in [0, 0.1) is 13.8 Å². The fraction of sp³-hybridized carbons (Fsp3) is 0.250. The van der Waals surface area contributed by atoms with Crippen molar-refractivity contribution in [2.75, 3.05) is 13.7 Å². The van der Waals surface area contributed by atoms with Gasteiger partial charge in [-0.3, -0.25) is 9.59 Å². The Morgan fingerprint density at radius 3 is 2.37 bits per heavy atom. The molecule has 0 bridgehead atoms. The van der Waals surface area contributed by atoms with E-state index in [1.807, 2.05) is 44.2 Å². The molecular weight excluding hydrogens is 380 g/mol. The number of aryl methyl sites for hydroxylation is 2. The first-order valence-corrected chi connectivity index (χ1v) is 9.75. The van der Waals surface area contributed by atoms with Crippen LogP contribution in [0.5, 0.6) is 11.5 Å². The average molecular weight is 406 g/mol. The SMILES string of the molecule is COc1ccc(CCn2c(C)cc(C(=O)COc3ccccc3C(N)=O)c2C)cc1. The molecule has 1 heterocycles. The Labute approximate surface area is 176 Å². The fourth-order valence-corrected chi connectivity index (χ4v) is 3.48. The second kappa shape index (κ2) is 9.31. The molecule has 0 unspecified atom stereocenters. The first kappa shape index (κ1) is 21.2. The van der Waals surface area contributed by atoms with Crippen molar-refractivity contribution in [2.45, 2.75) is 26.8 Å². The van der Waals surface area contributed by atoms with Gasteiger partial charge in [0.2, 0.25) is 5.78 Å². The molecule has 3 aromatic rings. The van der Waals surface area contributed by atoms with Crippen molar-refractivity contribution in [2.24, 2.45) is 5.73 Å². The lowest BCUT2D eigenvalue weighted by Gasteiger charge is -2.11. The monoisotopic (exact) mass is 406 g/mol. The van der Waals surface area contributed by atoms with E-state index in [1.165, 1.54) is 5.56 Å². The van der Waals surface area contributed by atoms with Crippen LogP contribution in [0.1, 0.15) is 37.7 Å². The van der Waals surface area contributed by atoms with Gasteiger partial charge in [-0.1, -0.05) is 24.3 Å².